The van der Waals surface area contributed by atoms with Crippen LogP contribution in [0.2, 0.25) is 5.02 Å². The molecule has 0 bridgehead atoms. The Morgan fingerprint density at radius 3 is 2.90 bits per heavy atom. The van der Waals surface area contributed by atoms with Gasteiger partial charge < -0.3 is 9.80 Å². The first kappa shape index (κ1) is 13.9. The van der Waals surface area contributed by atoms with Crippen LogP contribution >= 0.6 is 27.5 Å². The van der Waals surface area contributed by atoms with Crippen LogP contribution in [0.25, 0.3) is 0 Å². The molecule has 6 heteroatoms. The molecule has 0 N–H and O–H groups in total. The highest BCUT2D eigenvalue weighted by atomic mass is 79.9. The maximum absolute atomic E-state index is 12.4. The normalized spacial score (nSPS) is 22.4. The lowest BCUT2D eigenvalue weighted by atomic mass is 10.1. The lowest BCUT2D eigenvalue weighted by Crippen LogP contribution is -2.56. The molecule has 1 aromatic carbocycles. The first-order chi connectivity index (χ1) is 9.56. The molecule has 1 atom stereocenters. The lowest BCUT2D eigenvalue weighted by molar-refractivity contribution is -0.154. The Kier molecular flexibility index (Phi) is 3.73. The van der Waals surface area contributed by atoms with Crippen LogP contribution in [-0.4, -0.2) is 40.7 Å². The highest BCUT2D eigenvalue weighted by Gasteiger charge is 2.41. The van der Waals surface area contributed by atoms with Crippen molar-refractivity contribution in [1.29, 1.82) is 0 Å². The van der Waals surface area contributed by atoms with Crippen molar-refractivity contribution in [3.05, 3.63) is 33.3 Å². The van der Waals surface area contributed by atoms with Crippen molar-refractivity contribution in [1.82, 2.24) is 9.80 Å². The Balaban J connectivity index is 1.80. The molecule has 0 aliphatic carbocycles. The second kappa shape index (κ2) is 5.37. The maximum atomic E-state index is 12.4. The molecular formula is C14H14BrClN2O2. The number of halogens is 2. The molecule has 20 heavy (non-hydrogen) atoms. The zero-order valence-electron chi connectivity index (χ0n) is 10.8. The molecule has 0 saturated carbocycles. The molecule has 0 radical (unpaired) electrons. The third-order valence-corrected chi connectivity index (χ3v) is 4.72. The first-order valence-electron chi connectivity index (χ1n) is 6.58. The molecule has 2 aliphatic rings. The van der Waals surface area contributed by atoms with Gasteiger partial charge in [0.15, 0.2) is 0 Å². The number of amides is 2. The molecule has 0 aromatic heterocycles. The largest absolute Gasteiger partial charge is 0.329 e. The van der Waals surface area contributed by atoms with Gasteiger partial charge in [0.2, 0.25) is 11.8 Å². The van der Waals surface area contributed by atoms with Crippen LogP contribution in [0.5, 0.6) is 0 Å². The van der Waals surface area contributed by atoms with Gasteiger partial charge in [0.25, 0.3) is 0 Å². The van der Waals surface area contributed by atoms with Crippen LogP contribution in [0.15, 0.2) is 22.7 Å². The summed E-state index contributed by atoms with van der Waals surface area (Å²) in [5.74, 6) is 0.0846. The quantitative estimate of drug-likeness (QED) is 0.816. The summed E-state index contributed by atoms with van der Waals surface area (Å²) in [5.41, 5.74) is 0.863. The number of nitrogens with zero attached hydrogens (tertiary/aromatic N) is 2. The number of rotatable bonds is 2. The van der Waals surface area contributed by atoms with Crippen molar-refractivity contribution in [2.75, 3.05) is 13.1 Å². The van der Waals surface area contributed by atoms with E-state index in [-0.39, 0.29) is 24.4 Å². The number of benzene rings is 1. The van der Waals surface area contributed by atoms with Gasteiger partial charge in [0.1, 0.15) is 12.6 Å². The third-order valence-electron chi connectivity index (χ3n) is 3.87. The van der Waals surface area contributed by atoms with Crippen molar-refractivity contribution in [3.8, 4) is 0 Å². The van der Waals surface area contributed by atoms with Gasteiger partial charge in [0.05, 0.1) is 0 Å². The summed E-state index contributed by atoms with van der Waals surface area (Å²) in [4.78, 5) is 27.8. The molecule has 2 saturated heterocycles. The zero-order chi connectivity index (χ0) is 14.3. The van der Waals surface area contributed by atoms with Crippen LogP contribution in [0, 0.1) is 0 Å². The van der Waals surface area contributed by atoms with E-state index in [2.05, 4.69) is 15.9 Å². The van der Waals surface area contributed by atoms with Crippen molar-refractivity contribution in [3.63, 3.8) is 0 Å². The van der Waals surface area contributed by atoms with E-state index in [1.54, 1.807) is 15.9 Å². The fourth-order valence-electron chi connectivity index (χ4n) is 2.85. The highest BCUT2D eigenvalue weighted by molar-refractivity contribution is 9.10. The molecule has 2 heterocycles. The van der Waals surface area contributed by atoms with E-state index < -0.39 is 0 Å². The van der Waals surface area contributed by atoms with E-state index in [0.717, 1.165) is 22.9 Å². The summed E-state index contributed by atoms with van der Waals surface area (Å²) in [7, 11) is 0. The summed E-state index contributed by atoms with van der Waals surface area (Å²) >= 11 is 9.53. The second-order valence-electron chi connectivity index (χ2n) is 5.18. The number of hydrogen-bond acceptors (Lipinski definition) is 2. The van der Waals surface area contributed by atoms with Crippen LogP contribution in [-0.2, 0) is 16.1 Å². The van der Waals surface area contributed by atoms with Gasteiger partial charge >= 0.3 is 0 Å². The highest BCUT2D eigenvalue weighted by Crippen LogP contribution is 2.27. The van der Waals surface area contributed by atoms with Crippen LogP contribution < -0.4 is 0 Å². The molecule has 1 aromatic rings. The molecule has 2 amide bonds. The minimum Gasteiger partial charge on any atom is -0.329 e. The topological polar surface area (TPSA) is 40.6 Å². The van der Waals surface area contributed by atoms with Crippen LogP contribution in [0.3, 0.4) is 0 Å². The standard InChI is InChI=1S/C14H14BrClN2O2/c15-10-4-3-9(11(16)6-10)7-17-8-13(19)18-5-1-2-12(18)14(17)20/h3-4,6,12H,1-2,5,7-8H2. The Morgan fingerprint density at radius 2 is 2.15 bits per heavy atom. The molecule has 2 fully saturated rings. The summed E-state index contributed by atoms with van der Waals surface area (Å²) in [6.45, 7) is 1.25. The van der Waals surface area contributed by atoms with Crippen LogP contribution in [0.1, 0.15) is 18.4 Å². The smallest absolute Gasteiger partial charge is 0.246 e. The molecule has 2 aliphatic heterocycles. The Hall–Kier alpha value is -1.07. The van der Waals surface area contributed by atoms with Gasteiger partial charge in [-0.1, -0.05) is 33.6 Å². The van der Waals surface area contributed by atoms with E-state index in [1.165, 1.54) is 0 Å². The lowest BCUT2D eigenvalue weighted by Gasteiger charge is -2.36. The third kappa shape index (κ3) is 2.44. The molecule has 1 unspecified atom stereocenters. The van der Waals surface area contributed by atoms with E-state index >= 15 is 0 Å². The Morgan fingerprint density at radius 1 is 1.35 bits per heavy atom. The maximum Gasteiger partial charge on any atom is 0.246 e. The Labute approximate surface area is 130 Å². The Bertz CT molecular complexity index is 578. The van der Waals surface area contributed by atoms with Gasteiger partial charge in [-0.15, -0.1) is 0 Å². The number of fused-ring (bicyclic) bond motifs is 1. The fraction of sp³-hybridized carbons (Fsp3) is 0.429. The fourth-order valence-corrected chi connectivity index (χ4v) is 3.59. The number of hydrogen-bond donors (Lipinski definition) is 0. The minimum absolute atomic E-state index is 0.0420. The molecule has 4 nitrogen and oxygen atoms in total. The van der Waals surface area contributed by atoms with Gasteiger partial charge in [0, 0.05) is 22.6 Å². The van der Waals surface area contributed by atoms with Gasteiger partial charge in [-0.05, 0) is 30.5 Å². The summed E-state index contributed by atoms with van der Waals surface area (Å²) in [6.07, 6.45) is 1.68. The second-order valence-corrected chi connectivity index (χ2v) is 6.50. The van der Waals surface area contributed by atoms with E-state index in [0.29, 0.717) is 18.1 Å². The molecule has 106 valence electrons. The number of piperazine rings is 1. The summed E-state index contributed by atoms with van der Waals surface area (Å²) < 4.78 is 0.897. The molecular weight excluding hydrogens is 344 g/mol. The average molecular weight is 358 g/mol. The van der Waals surface area contributed by atoms with E-state index in [4.69, 9.17) is 11.6 Å². The first-order valence-corrected chi connectivity index (χ1v) is 7.75. The van der Waals surface area contributed by atoms with Gasteiger partial charge in [-0.3, -0.25) is 9.59 Å². The number of carbonyl (C=O) groups is 2. The van der Waals surface area contributed by atoms with Crippen LogP contribution in [0.4, 0.5) is 0 Å². The van der Waals surface area contributed by atoms with Gasteiger partial charge in [-0.25, -0.2) is 0 Å². The van der Waals surface area contributed by atoms with Crippen molar-refractivity contribution >= 4 is 39.3 Å². The van der Waals surface area contributed by atoms with E-state index in [1.807, 2.05) is 12.1 Å². The van der Waals surface area contributed by atoms with E-state index in [9.17, 15) is 9.59 Å². The monoisotopic (exact) mass is 356 g/mol. The summed E-state index contributed by atoms with van der Waals surface area (Å²) in [6, 6.07) is 5.31. The molecule has 3 rings (SSSR count). The molecule has 0 spiro atoms. The summed E-state index contributed by atoms with van der Waals surface area (Å²) in [5, 5.41) is 0.605. The number of carbonyl (C=O) groups excluding carboxylic acids is 2. The predicted molar refractivity (Wildman–Crippen MR) is 79.3 cm³/mol. The van der Waals surface area contributed by atoms with Gasteiger partial charge in [-0.2, -0.15) is 0 Å². The SMILES string of the molecule is O=C1C2CCCN2C(=O)CN1Cc1ccc(Br)cc1Cl. The van der Waals surface area contributed by atoms with Crippen molar-refractivity contribution in [2.45, 2.75) is 25.4 Å². The van der Waals surface area contributed by atoms with Crippen molar-refractivity contribution < 1.29 is 9.59 Å². The predicted octanol–water partition coefficient (Wildman–Crippen LogP) is 2.44. The minimum atomic E-state index is -0.259. The van der Waals surface area contributed by atoms with Crippen molar-refractivity contribution in [2.24, 2.45) is 0 Å². The average Bonchev–Trinajstić information content (AvgIpc) is 2.88. The zero-order valence-corrected chi connectivity index (χ0v) is 13.2.